The molecule has 0 N–H and O–H groups in total. The molecule has 3 nitrogen and oxygen atoms in total. The first-order valence-electron chi connectivity index (χ1n) is 4.28. The van der Waals surface area contributed by atoms with Gasteiger partial charge in [0.25, 0.3) is 5.91 Å². The lowest BCUT2D eigenvalue weighted by molar-refractivity contribution is 0.0773. The summed E-state index contributed by atoms with van der Waals surface area (Å²) in [6.45, 7) is 3.66. The average molecular weight is 208 g/mol. The molecule has 4 heteroatoms. The molecule has 14 heavy (non-hydrogen) atoms. The highest BCUT2D eigenvalue weighted by molar-refractivity contribution is 7.10. The molecule has 74 valence electrons. The van der Waals surface area contributed by atoms with Crippen LogP contribution in [0.25, 0.3) is 0 Å². The van der Waals surface area contributed by atoms with Gasteiger partial charge in [-0.05, 0) is 19.9 Å². The van der Waals surface area contributed by atoms with Crippen molar-refractivity contribution >= 4 is 17.2 Å². The van der Waals surface area contributed by atoms with Crippen LogP contribution in [0.4, 0.5) is 0 Å². The third-order valence-corrected chi connectivity index (χ3v) is 2.93. The quantitative estimate of drug-likeness (QED) is 0.746. The van der Waals surface area contributed by atoms with Crippen LogP contribution in [0, 0.1) is 18.3 Å². The molecule has 1 aromatic rings. The molecule has 0 saturated heterocycles. The van der Waals surface area contributed by atoms with Gasteiger partial charge in [0, 0.05) is 17.3 Å². The summed E-state index contributed by atoms with van der Waals surface area (Å²) in [5.74, 6) is -0.0941. The Labute approximate surface area is 87.6 Å². The van der Waals surface area contributed by atoms with Crippen molar-refractivity contribution in [2.75, 3.05) is 7.05 Å². The van der Waals surface area contributed by atoms with Crippen molar-refractivity contribution < 1.29 is 4.79 Å². The molecule has 1 unspecified atom stereocenters. The average Bonchev–Trinajstić information content (AvgIpc) is 2.61. The molecular weight excluding hydrogens is 196 g/mol. The molecule has 0 fully saturated rings. The third kappa shape index (κ3) is 2.12. The number of carbonyl (C=O) groups is 1. The van der Waals surface area contributed by atoms with Gasteiger partial charge in [0.2, 0.25) is 0 Å². The molecule has 0 radical (unpaired) electrons. The third-order valence-electron chi connectivity index (χ3n) is 2.07. The van der Waals surface area contributed by atoms with E-state index in [1.807, 2.05) is 24.4 Å². The molecule has 0 aromatic carbocycles. The first-order valence-corrected chi connectivity index (χ1v) is 5.16. The van der Waals surface area contributed by atoms with Crippen molar-refractivity contribution in [2.24, 2.45) is 0 Å². The number of nitrogens with zero attached hydrogens (tertiary/aromatic N) is 2. The fourth-order valence-corrected chi connectivity index (χ4v) is 1.70. The monoisotopic (exact) mass is 208 g/mol. The highest BCUT2D eigenvalue weighted by Crippen LogP contribution is 2.15. The van der Waals surface area contributed by atoms with Crippen LogP contribution < -0.4 is 0 Å². The zero-order valence-corrected chi connectivity index (χ0v) is 9.26. The van der Waals surface area contributed by atoms with Gasteiger partial charge in [0.1, 0.15) is 6.04 Å². The maximum Gasteiger partial charge on any atom is 0.255 e. The van der Waals surface area contributed by atoms with E-state index in [-0.39, 0.29) is 11.9 Å². The zero-order chi connectivity index (χ0) is 10.7. The van der Waals surface area contributed by atoms with Crippen LogP contribution in [0.15, 0.2) is 11.4 Å². The number of hydrogen-bond acceptors (Lipinski definition) is 3. The zero-order valence-electron chi connectivity index (χ0n) is 8.44. The van der Waals surface area contributed by atoms with E-state index in [0.717, 1.165) is 4.88 Å². The van der Waals surface area contributed by atoms with Gasteiger partial charge in [-0.25, -0.2) is 0 Å². The molecule has 1 amide bonds. The molecule has 0 bridgehead atoms. The summed E-state index contributed by atoms with van der Waals surface area (Å²) in [5.41, 5.74) is 0.664. The summed E-state index contributed by atoms with van der Waals surface area (Å²) in [7, 11) is 1.64. The lowest BCUT2D eigenvalue weighted by Gasteiger charge is -2.18. The van der Waals surface area contributed by atoms with Crippen molar-refractivity contribution in [1.29, 1.82) is 5.26 Å². The Kier molecular flexibility index (Phi) is 3.26. The maximum absolute atomic E-state index is 11.7. The standard InChI is InChI=1S/C10H12N2OS/c1-7(5-11)12(3)10(13)9-4-8(2)14-6-9/h4,6-7H,1-3H3. The Morgan fingerprint density at radius 3 is 2.79 bits per heavy atom. The Balaban J connectivity index is 2.81. The Morgan fingerprint density at radius 1 is 1.71 bits per heavy atom. The largest absolute Gasteiger partial charge is 0.326 e. The molecule has 0 spiro atoms. The van der Waals surface area contributed by atoms with Crippen molar-refractivity contribution in [3.05, 3.63) is 21.9 Å². The van der Waals surface area contributed by atoms with Crippen LogP contribution in [0.5, 0.6) is 0 Å². The number of hydrogen-bond donors (Lipinski definition) is 0. The minimum atomic E-state index is -0.386. The topological polar surface area (TPSA) is 44.1 Å². The lowest BCUT2D eigenvalue weighted by Crippen LogP contribution is -2.33. The summed E-state index contributed by atoms with van der Waals surface area (Å²) in [4.78, 5) is 14.3. The highest BCUT2D eigenvalue weighted by atomic mass is 32.1. The Morgan fingerprint density at radius 2 is 2.36 bits per heavy atom. The lowest BCUT2D eigenvalue weighted by atomic mass is 10.2. The SMILES string of the molecule is Cc1cc(C(=O)N(C)C(C)C#N)cs1. The molecule has 1 aromatic heterocycles. The number of carbonyl (C=O) groups excluding carboxylic acids is 1. The van der Waals surface area contributed by atoms with Gasteiger partial charge in [-0.15, -0.1) is 11.3 Å². The molecular formula is C10H12N2OS. The van der Waals surface area contributed by atoms with E-state index in [0.29, 0.717) is 5.56 Å². The number of amides is 1. The summed E-state index contributed by atoms with van der Waals surface area (Å²) in [5, 5.41) is 10.5. The smallest absolute Gasteiger partial charge is 0.255 e. The highest BCUT2D eigenvalue weighted by Gasteiger charge is 2.17. The molecule has 0 aliphatic rings. The molecule has 1 atom stereocenters. The van der Waals surface area contributed by atoms with Crippen molar-refractivity contribution in [1.82, 2.24) is 4.90 Å². The molecule has 0 saturated carbocycles. The predicted molar refractivity (Wildman–Crippen MR) is 56.2 cm³/mol. The predicted octanol–water partition coefficient (Wildman–Crippen LogP) is 2.04. The van der Waals surface area contributed by atoms with Crippen LogP contribution in [0.1, 0.15) is 22.2 Å². The normalized spacial score (nSPS) is 11.9. The second-order valence-corrected chi connectivity index (χ2v) is 4.28. The van der Waals surface area contributed by atoms with Crippen LogP contribution in [0.3, 0.4) is 0 Å². The van der Waals surface area contributed by atoms with E-state index in [1.54, 1.807) is 14.0 Å². The van der Waals surface area contributed by atoms with Gasteiger partial charge >= 0.3 is 0 Å². The second kappa shape index (κ2) is 4.25. The summed E-state index contributed by atoms with van der Waals surface area (Å²) >= 11 is 1.54. The molecule has 0 aliphatic carbocycles. The van der Waals surface area contributed by atoms with E-state index >= 15 is 0 Å². The number of aryl methyl sites for hydroxylation is 1. The van der Waals surface area contributed by atoms with Crippen LogP contribution in [-0.2, 0) is 0 Å². The summed E-state index contributed by atoms with van der Waals surface area (Å²) in [6, 6.07) is 3.49. The minimum absolute atomic E-state index is 0.0941. The second-order valence-electron chi connectivity index (χ2n) is 3.17. The number of nitriles is 1. The summed E-state index contributed by atoms with van der Waals surface area (Å²) < 4.78 is 0. The minimum Gasteiger partial charge on any atom is -0.326 e. The van der Waals surface area contributed by atoms with Gasteiger partial charge in [-0.3, -0.25) is 4.79 Å². The first-order chi connectivity index (χ1) is 6.56. The van der Waals surface area contributed by atoms with E-state index in [2.05, 4.69) is 0 Å². The summed E-state index contributed by atoms with van der Waals surface area (Å²) in [6.07, 6.45) is 0. The number of thiophene rings is 1. The van der Waals surface area contributed by atoms with Crippen molar-refractivity contribution in [3.8, 4) is 6.07 Å². The van der Waals surface area contributed by atoms with Gasteiger partial charge < -0.3 is 4.90 Å². The van der Waals surface area contributed by atoms with E-state index < -0.39 is 0 Å². The molecule has 1 rings (SSSR count). The Bertz CT molecular complexity index is 378. The van der Waals surface area contributed by atoms with Gasteiger partial charge in [0.05, 0.1) is 11.6 Å². The van der Waals surface area contributed by atoms with Crippen molar-refractivity contribution in [2.45, 2.75) is 19.9 Å². The molecule has 1 heterocycles. The van der Waals surface area contributed by atoms with E-state index in [1.165, 1.54) is 16.2 Å². The van der Waals surface area contributed by atoms with Gasteiger partial charge in [0.15, 0.2) is 0 Å². The fourth-order valence-electron chi connectivity index (χ4n) is 1.02. The van der Waals surface area contributed by atoms with Crippen molar-refractivity contribution in [3.63, 3.8) is 0 Å². The fraction of sp³-hybridized carbons (Fsp3) is 0.400. The van der Waals surface area contributed by atoms with E-state index in [4.69, 9.17) is 5.26 Å². The molecule has 0 aliphatic heterocycles. The van der Waals surface area contributed by atoms with Gasteiger partial charge in [-0.1, -0.05) is 0 Å². The number of rotatable bonds is 2. The van der Waals surface area contributed by atoms with Crippen LogP contribution >= 0.6 is 11.3 Å². The van der Waals surface area contributed by atoms with Crippen LogP contribution in [-0.4, -0.2) is 23.9 Å². The van der Waals surface area contributed by atoms with E-state index in [9.17, 15) is 4.79 Å². The van der Waals surface area contributed by atoms with Gasteiger partial charge in [-0.2, -0.15) is 5.26 Å². The van der Waals surface area contributed by atoms with Crippen LogP contribution in [0.2, 0.25) is 0 Å². The maximum atomic E-state index is 11.7. The first kappa shape index (κ1) is 10.7. The Hall–Kier alpha value is -1.34.